The van der Waals surface area contributed by atoms with Gasteiger partial charge in [0.05, 0.1) is 0 Å². The van der Waals surface area contributed by atoms with Gasteiger partial charge in [-0.2, -0.15) is 0 Å². The smallest absolute Gasteiger partial charge is 0.225 e. The molecule has 0 fully saturated rings. The van der Waals surface area contributed by atoms with Gasteiger partial charge < -0.3 is 14.6 Å². The summed E-state index contributed by atoms with van der Waals surface area (Å²) in [6, 6.07) is 7.51. The van der Waals surface area contributed by atoms with Gasteiger partial charge in [-0.3, -0.25) is 4.79 Å². The molecule has 1 aromatic heterocycles. The van der Waals surface area contributed by atoms with Crippen LogP contribution in [0.3, 0.4) is 0 Å². The summed E-state index contributed by atoms with van der Waals surface area (Å²) in [6.45, 7) is 4.75. The molecule has 1 aromatic carbocycles. The van der Waals surface area contributed by atoms with Crippen molar-refractivity contribution in [3.05, 3.63) is 47.2 Å². The minimum Gasteiger partial charge on any atom is -0.377 e. The number of allylic oxidation sites excluding steroid dienone is 1. The summed E-state index contributed by atoms with van der Waals surface area (Å²) in [7, 11) is 1.62. The van der Waals surface area contributed by atoms with Crippen LogP contribution in [0.2, 0.25) is 0 Å². The van der Waals surface area contributed by atoms with Crippen molar-refractivity contribution in [1.29, 1.82) is 0 Å². The van der Waals surface area contributed by atoms with Crippen molar-refractivity contribution in [3.63, 3.8) is 0 Å². The zero-order valence-corrected chi connectivity index (χ0v) is 15.8. The Morgan fingerprint density at radius 1 is 1.50 bits per heavy atom. The average molecular weight is 411 g/mol. The van der Waals surface area contributed by atoms with Crippen LogP contribution in [0.5, 0.6) is 0 Å². The van der Waals surface area contributed by atoms with Crippen LogP contribution in [0.15, 0.2) is 46.5 Å². The molecule has 0 bridgehead atoms. The third kappa shape index (κ3) is 5.47. The van der Waals surface area contributed by atoms with Crippen LogP contribution in [0.1, 0.15) is 12.2 Å². The Labute approximate surface area is 153 Å². The van der Waals surface area contributed by atoms with Crippen LogP contribution in [-0.2, 0) is 22.7 Å². The first-order valence-electron chi connectivity index (χ1n) is 7.34. The van der Waals surface area contributed by atoms with E-state index in [9.17, 15) is 4.79 Å². The number of nitrogens with one attached hydrogen (secondary N) is 1. The topological polar surface area (TPSA) is 69.0 Å². The average Bonchev–Trinajstić information content (AvgIpc) is 2.91. The fourth-order valence-corrected chi connectivity index (χ4v) is 3.30. The number of aromatic nitrogens is 3. The molecule has 1 N–H and O–H groups in total. The maximum atomic E-state index is 12.0. The number of anilines is 1. The Hall–Kier alpha value is -1.64. The molecule has 0 atom stereocenters. The van der Waals surface area contributed by atoms with Gasteiger partial charge in [-0.05, 0) is 18.2 Å². The molecule has 24 heavy (non-hydrogen) atoms. The van der Waals surface area contributed by atoms with Crippen molar-refractivity contribution in [1.82, 2.24) is 14.8 Å². The Bertz CT molecular complexity index is 705. The molecule has 2 rings (SSSR count). The Balaban J connectivity index is 1.87. The van der Waals surface area contributed by atoms with Gasteiger partial charge in [0.15, 0.2) is 11.0 Å². The summed E-state index contributed by atoms with van der Waals surface area (Å²) in [6.07, 6.45) is 2.17. The highest BCUT2D eigenvalue weighted by atomic mass is 79.9. The minimum atomic E-state index is -0.0347. The molecule has 0 saturated carbocycles. The van der Waals surface area contributed by atoms with Crippen LogP contribution >= 0.6 is 27.7 Å². The van der Waals surface area contributed by atoms with Gasteiger partial charge in [0.1, 0.15) is 6.61 Å². The van der Waals surface area contributed by atoms with Crippen LogP contribution in [-0.4, -0.2) is 33.5 Å². The van der Waals surface area contributed by atoms with Gasteiger partial charge in [0.2, 0.25) is 5.91 Å². The summed E-state index contributed by atoms with van der Waals surface area (Å²) < 4.78 is 7.98. The van der Waals surface area contributed by atoms with E-state index in [1.54, 1.807) is 13.2 Å². The first kappa shape index (κ1) is 18.7. The largest absolute Gasteiger partial charge is 0.377 e. The van der Waals surface area contributed by atoms with Crippen LogP contribution in [0.25, 0.3) is 0 Å². The third-order valence-electron chi connectivity index (χ3n) is 3.05. The second kappa shape index (κ2) is 9.61. The minimum absolute atomic E-state index is 0.0347. The van der Waals surface area contributed by atoms with E-state index in [0.717, 1.165) is 21.1 Å². The van der Waals surface area contributed by atoms with Crippen LogP contribution in [0, 0.1) is 0 Å². The van der Waals surface area contributed by atoms with E-state index >= 15 is 0 Å². The number of ether oxygens (including phenoxy) is 1. The van der Waals surface area contributed by atoms with Gasteiger partial charge in [0, 0.05) is 36.0 Å². The Kier molecular flexibility index (Phi) is 7.48. The Morgan fingerprint density at radius 2 is 2.33 bits per heavy atom. The van der Waals surface area contributed by atoms with Crippen molar-refractivity contribution < 1.29 is 9.53 Å². The monoisotopic (exact) mass is 410 g/mol. The number of carbonyl (C=O) groups is 1. The summed E-state index contributed by atoms with van der Waals surface area (Å²) in [5.74, 6) is 1.33. The molecule has 1 heterocycles. The van der Waals surface area contributed by atoms with E-state index in [1.165, 1.54) is 11.8 Å². The highest BCUT2D eigenvalue weighted by Gasteiger charge is 2.12. The third-order valence-corrected chi connectivity index (χ3v) is 4.51. The molecule has 128 valence electrons. The SMILES string of the molecule is C=CCn1c(COC)nnc1SCCC(=O)Nc1cccc(Br)c1. The first-order valence-corrected chi connectivity index (χ1v) is 9.12. The van der Waals surface area contributed by atoms with E-state index in [4.69, 9.17) is 4.74 Å². The van der Waals surface area contributed by atoms with E-state index in [0.29, 0.717) is 25.3 Å². The molecule has 8 heteroatoms. The Morgan fingerprint density at radius 3 is 3.04 bits per heavy atom. The van der Waals surface area contributed by atoms with Gasteiger partial charge in [-0.1, -0.05) is 39.8 Å². The number of hydrogen-bond donors (Lipinski definition) is 1. The number of amides is 1. The zero-order valence-electron chi connectivity index (χ0n) is 13.4. The fourth-order valence-electron chi connectivity index (χ4n) is 2.00. The number of halogens is 1. The van der Waals surface area contributed by atoms with Gasteiger partial charge in [-0.15, -0.1) is 16.8 Å². The van der Waals surface area contributed by atoms with Crippen molar-refractivity contribution in [2.45, 2.75) is 24.7 Å². The summed E-state index contributed by atoms with van der Waals surface area (Å²) in [5, 5.41) is 11.9. The second-order valence-electron chi connectivity index (χ2n) is 4.89. The number of benzene rings is 1. The number of rotatable bonds is 9. The molecule has 0 saturated heterocycles. The quantitative estimate of drug-likeness (QED) is 0.505. The first-order chi connectivity index (χ1) is 11.6. The van der Waals surface area contributed by atoms with Crippen LogP contribution < -0.4 is 5.32 Å². The number of carbonyl (C=O) groups excluding carboxylic acids is 1. The number of methoxy groups -OCH3 is 1. The molecule has 0 aliphatic rings. The molecule has 0 radical (unpaired) electrons. The molecule has 6 nitrogen and oxygen atoms in total. The number of thioether (sulfide) groups is 1. The summed E-state index contributed by atoms with van der Waals surface area (Å²) in [4.78, 5) is 12.0. The normalized spacial score (nSPS) is 10.6. The maximum Gasteiger partial charge on any atom is 0.225 e. The van der Waals surface area contributed by atoms with Gasteiger partial charge in [-0.25, -0.2) is 0 Å². The van der Waals surface area contributed by atoms with Crippen molar-refractivity contribution in [2.75, 3.05) is 18.2 Å². The van der Waals surface area contributed by atoms with Crippen molar-refractivity contribution >= 4 is 39.3 Å². The predicted octanol–water partition coefficient (Wildman–Crippen LogP) is 3.49. The molecule has 0 aliphatic carbocycles. The lowest BCUT2D eigenvalue weighted by molar-refractivity contribution is -0.115. The number of nitrogens with zero attached hydrogens (tertiary/aromatic N) is 3. The molecule has 0 spiro atoms. The fraction of sp³-hybridized carbons (Fsp3) is 0.312. The lowest BCUT2D eigenvalue weighted by atomic mass is 10.3. The molecular formula is C16H19BrN4O2S. The van der Waals surface area contributed by atoms with Crippen LogP contribution in [0.4, 0.5) is 5.69 Å². The van der Waals surface area contributed by atoms with E-state index in [1.807, 2.05) is 28.8 Å². The van der Waals surface area contributed by atoms with E-state index in [2.05, 4.69) is 38.0 Å². The molecule has 1 amide bonds. The standard InChI is InChI=1S/C16H19BrN4O2S/c1-3-8-21-14(11-23-2)19-20-16(21)24-9-7-15(22)18-13-6-4-5-12(17)10-13/h3-6,10H,1,7-9,11H2,2H3,(H,18,22). The van der Waals surface area contributed by atoms with Gasteiger partial charge >= 0.3 is 0 Å². The van der Waals surface area contributed by atoms with Crippen molar-refractivity contribution in [3.8, 4) is 0 Å². The maximum absolute atomic E-state index is 12.0. The predicted molar refractivity (Wildman–Crippen MR) is 99.0 cm³/mol. The highest BCUT2D eigenvalue weighted by Crippen LogP contribution is 2.20. The molecule has 0 aliphatic heterocycles. The lowest BCUT2D eigenvalue weighted by Crippen LogP contribution is -2.12. The summed E-state index contributed by atoms with van der Waals surface area (Å²) in [5.41, 5.74) is 0.775. The molecule has 2 aromatic rings. The zero-order chi connectivity index (χ0) is 17.4. The van der Waals surface area contributed by atoms with Crippen molar-refractivity contribution in [2.24, 2.45) is 0 Å². The highest BCUT2D eigenvalue weighted by molar-refractivity contribution is 9.10. The number of hydrogen-bond acceptors (Lipinski definition) is 5. The molecule has 0 unspecified atom stereocenters. The molecular weight excluding hydrogens is 392 g/mol. The van der Waals surface area contributed by atoms with Gasteiger partial charge in [0.25, 0.3) is 0 Å². The summed E-state index contributed by atoms with van der Waals surface area (Å²) >= 11 is 4.87. The van der Waals surface area contributed by atoms with E-state index < -0.39 is 0 Å². The second-order valence-corrected chi connectivity index (χ2v) is 6.87. The van der Waals surface area contributed by atoms with E-state index in [-0.39, 0.29) is 5.91 Å². The lowest BCUT2D eigenvalue weighted by Gasteiger charge is -2.07.